The van der Waals surface area contributed by atoms with Gasteiger partial charge in [-0.1, -0.05) is 0 Å². The average molecular weight is 215 g/mol. The van der Waals surface area contributed by atoms with Crippen LogP contribution in [0, 0.1) is 0 Å². The average Bonchev–Trinajstić information content (AvgIpc) is 2.57. The fraction of sp³-hybridized carbons (Fsp3) is 0.556. The fourth-order valence-electron chi connectivity index (χ4n) is 1.64. The summed E-state index contributed by atoms with van der Waals surface area (Å²) in [4.78, 5) is 0. The first-order chi connectivity index (χ1) is 6.67. The van der Waals surface area contributed by atoms with E-state index in [-0.39, 0.29) is 17.5 Å². The summed E-state index contributed by atoms with van der Waals surface area (Å²) < 4.78 is 28.2. The Bertz CT molecular complexity index is 382. The molecule has 1 atom stereocenters. The molecule has 1 saturated heterocycles. The normalized spacial score (nSPS) is 27.0. The van der Waals surface area contributed by atoms with Crippen molar-refractivity contribution in [2.24, 2.45) is 0 Å². The highest BCUT2D eigenvalue weighted by Gasteiger charge is 2.24. The van der Waals surface area contributed by atoms with E-state index >= 15 is 0 Å². The molecule has 78 valence electrons. The minimum Gasteiger partial charge on any atom is -0.468 e. The molecule has 4 nitrogen and oxygen atoms in total. The van der Waals surface area contributed by atoms with Crippen LogP contribution in [0.4, 0.5) is 0 Å². The van der Waals surface area contributed by atoms with E-state index in [0.29, 0.717) is 12.2 Å². The maximum Gasteiger partial charge on any atom is 0.152 e. The van der Waals surface area contributed by atoms with Crippen LogP contribution in [0.2, 0.25) is 0 Å². The molecule has 0 aliphatic carbocycles. The maximum absolute atomic E-state index is 11.5. The lowest BCUT2D eigenvalue weighted by atomic mass is 10.2. The van der Waals surface area contributed by atoms with Gasteiger partial charge in [0.15, 0.2) is 9.84 Å². The van der Waals surface area contributed by atoms with E-state index in [2.05, 4.69) is 5.32 Å². The predicted molar refractivity (Wildman–Crippen MR) is 52.7 cm³/mol. The number of rotatable bonds is 1. The quantitative estimate of drug-likeness (QED) is 0.750. The lowest BCUT2D eigenvalue weighted by molar-refractivity contribution is 0.436. The van der Waals surface area contributed by atoms with Crippen molar-refractivity contribution in [2.45, 2.75) is 12.5 Å². The van der Waals surface area contributed by atoms with E-state index in [1.54, 1.807) is 18.4 Å². The molecule has 0 spiro atoms. The second-order valence-corrected chi connectivity index (χ2v) is 5.72. The van der Waals surface area contributed by atoms with Gasteiger partial charge < -0.3 is 9.73 Å². The fourth-order valence-corrected chi connectivity index (χ4v) is 3.18. The second-order valence-electron chi connectivity index (χ2n) is 3.49. The Labute approximate surface area is 83.2 Å². The van der Waals surface area contributed by atoms with Crippen LogP contribution in [0.25, 0.3) is 0 Å². The molecule has 14 heavy (non-hydrogen) atoms. The monoisotopic (exact) mass is 215 g/mol. The van der Waals surface area contributed by atoms with Gasteiger partial charge in [0.2, 0.25) is 0 Å². The molecule has 2 heterocycles. The summed E-state index contributed by atoms with van der Waals surface area (Å²) in [5, 5.41) is 3.17. The third-order valence-electron chi connectivity index (χ3n) is 2.33. The molecule has 0 saturated carbocycles. The summed E-state index contributed by atoms with van der Waals surface area (Å²) in [7, 11) is -2.92. The zero-order valence-corrected chi connectivity index (χ0v) is 8.59. The number of hydrogen-bond donors (Lipinski definition) is 1. The Kier molecular flexibility index (Phi) is 2.60. The first-order valence-electron chi connectivity index (χ1n) is 4.65. The molecular weight excluding hydrogens is 202 g/mol. The lowest BCUT2D eigenvalue weighted by Crippen LogP contribution is -2.24. The second kappa shape index (κ2) is 3.74. The van der Waals surface area contributed by atoms with Crippen molar-refractivity contribution in [3.63, 3.8) is 0 Å². The first-order valence-corrected chi connectivity index (χ1v) is 6.47. The molecule has 1 aliphatic rings. The molecule has 1 aromatic heterocycles. The minimum absolute atomic E-state index is 0.139. The van der Waals surface area contributed by atoms with Crippen molar-refractivity contribution in [2.75, 3.05) is 18.1 Å². The molecule has 1 aliphatic heterocycles. The van der Waals surface area contributed by atoms with E-state index in [1.807, 2.05) is 0 Å². The summed E-state index contributed by atoms with van der Waals surface area (Å²) in [6.45, 7) is 0.727. The predicted octanol–water partition coefficient (Wildman–Crippen LogP) is 0.729. The Hall–Kier alpha value is -0.810. The smallest absolute Gasteiger partial charge is 0.152 e. The Balaban J connectivity index is 2.20. The van der Waals surface area contributed by atoms with Gasteiger partial charge in [-0.25, -0.2) is 8.42 Å². The van der Waals surface area contributed by atoms with Gasteiger partial charge >= 0.3 is 0 Å². The lowest BCUT2D eigenvalue weighted by Gasteiger charge is -2.11. The first kappa shape index (κ1) is 9.73. The van der Waals surface area contributed by atoms with Gasteiger partial charge in [-0.15, -0.1) is 0 Å². The molecule has 2 rings (SSSR count). The maximum atomic E-state index is 11.5. The highest BCUT2D eigenvalue weighted by molar-refractivity contribution is 7.91. The molecule has 0 amide bonds. The van der Waals surface area contributed by atoms with E-state index in [0.717, 1.165) is 6.54 Å². The van der Waals surface area contributed by atoms with Crippen molar-refractivity contribution in [3.05, 3.63) is 24.2 Å². The highest BCUT2D eigenvalue weighted by Crippen LogP contribution is 2.18. The van der Waals surface area contributed by atoms with Crippen molar-refractivity contribution < 1.29 is 12.8 Å². The Morgan fingerprint density at radius 2 is 2.36 bits per heavy atom. The SMILES string of the molecule is O=S1(=O)CCCNC(c2ccco2)C1. The minimum atomic E-state index is -2.92. The van der Waals surface area contributed by atoms with Crippen LogP contribution >= 0.6 is 0 Å². The molecule has 1 unspecified atom stereocenters. The summed E-state index contributed by atoms with van der Waals surface area (Å²) >= 11 is 0. The summed E-state index contributed by atoms with van der Waals surface area (Å²) in [6, 6.07) is 3.39. The molecule has 1 N–H and O–H groups in total. The van der Waals surface area contributed by atoms with Gasteiger partial charge in [-0.2, -0.15) is 0 Å². The third kappa shape index (κ3) is 2.16. The van der Waals surface area contributed by atoms with E-state index in [9.17, 15) is 8.42 Å². The van der Waals surface area contributed by atoms with Gasteiger partial charge in [0, 0.05) is 0 Å². The van der Waals surface area contributed by atoms with Gasteiger partial charge in [0.25, 0.3) is 0 Å². The standard InChI is InChI=1S/C9H13NO3S/c11-14(12)6-2-4-10-8(7-14)9-3-1-5-13-9/h1,3,5,8,10H,2,4,6-7H2. The van der Waals surface area contributed by atoms with Crippen LogP contribution in [0.5, 0.6) is 0 Å². The summed E-state index contributed by atoms with van der Waals surface area (Å²) in [6.07, 6.45) is 2.24. The van der Waals surface area contributed by atoms with Gasteiger partial charge in [0.1, 0.15) is 5.76 Å². The van der Waals surface area contributed by atoms with Crippen LogP contribution in [-0.2, 0) is 9.84 Å². The summed E-state index contributed by atoms with van der Waals surface area (Å²) in [5.41, 5.74) is 0. The van der Waals surface area contributed by atoms with E-state index in [1.165, 1.54) is 0 Å². The van der Waals surface area contributed by atoms with Crippen LogP contribution < -0.4 is 5.32 Å². The van der Waals surface area contributed by atoms with Crippen LogP contribution in [0.15, 0.2) is 22.8 Å². The van der Waals surface area contributed by atoms with Gasteiger partial charge in [-0.05, 0) is 25.1 Å². The summed E-state index contributed by atoms with van der Waals surface area (Å²) in [5.74, 6) is 1.12. The van der Waals surface area contributed by atoms with Crippen molar-refractivity contribution in [1.29, 1.82) is 0 Å². The van der Waals surface area contributed by atoms with Crippen LogP contribution in [0.1, 0.15) is 18.2 Å². The molecule has 0 radical (unpaired) electrons. The molecule has 5 heteroatoms. The molecule has 1 fully saturated rings. The zero-order chi connectivity index (χ0) is 10.0. The van der Waals surface area contributed by atoms with E-state index < -0.39 is 9.84 Å². The number of sulfone groups is 1. The highest BCUT2D eigenvalue weighted by atomic mass is 32.2. The van der Waals surface area contributed by atoms with Crippen LogP contribution in [-0.4, -0.2) is 26.5 Å². The van der Waals surface area contributed by atoms with Crippen molar-refractivity contribution >= 4 is 9.84 Å². The number of hydrogen-bond acceptors (Lipinski definition) is 4. The van der Waals surface area contributed by atoms with Crippen molar-refractivity contribution in [3.8, 4) is 0 Å². The van der Waals surface area contributed by atoms with Gasteiger partial charge in [0.05, 0.1) is 23.8 Å². The van der Waals surface area contributed by atoms with Crippen molar-refractivity contribution in [1.82, 2.24) is 5.32 Å². The number of nitrogens with one attached hydrogen (secondary N) is 1. The Morgan fingerprint density at radius 3 is 3.07 bits per heavy atom. The largest absolute Gasteiger partial charge is 0.468 e. The topological polar surface area (TPSA) is 59.3 Å². The number of furan rings is 1. The molecule has 1 aromatic rings. The Morgan fingerprint density at radius 1 is 1.50 bits per heavy atom. The van der Waals surface area contributed by atoms with Gasteiger partial charge in [-0.3, -0.25) is 0 Å². The molecule has 0 aromatic carbocycles. The molecular formula is C9H13NO3S. The van der Waals surface area contributed by atoms with E-state index in [4.69, 9.17) is 4.42 Å². The molecule has 0 bridgehead atoms. The zero-order valence-electron chi connectivity index (χ0n) is 7.77. The third-order valence-corrected chi connectivity index (χ3v) is 4.08. The van der Waals surface area contributed by atoms with Crippen LogP contribution in [0.3, 0.4) is 0 Å².